The number of alkyl halides is 3. The minimum atomic E-state index is -4.31. The molecule has 0 radical (unpaired) electrons. The van der Waals surface area contributed by atoms with Crippen molar-refractivity contribution in [1.29, 1.82) is 0 Å². The summed E-state index contributed by atoms with van der Waals surface area (Å²) in [4.78, 5) is 23.0. The second-order valence-corrected chi connectivity index (χ2v) is 6.04. The van der Waals surface area contributed by atoms with Gasteiger partial charge in [-0.3, -0.25) is 9.59 Å². The van der Waals surface area contributed by atoms with Crippen molar-refractivity contribution in [2.45, 2.75) is 31.7 Å². The van der Waals surface area contributed by atoms with E-state index in [1.165, 1.54) is 0 Å². The van der Waals surface area contributed by atoms with Gasteiger partial charge in [-0.15, -0.1) is 0 Å². The summed E-state index contributed by atoms with van der Waals surface area (Å²) in [6, 6.07) is 0. The van der Waals surface area contributed by atoms with E-state index in [0.29, 0.717) is 12.8 Å². The molecule has 0 heterocycles. The van der Waals surface area contributed by atoms with Crippen molar-refractivity contribution in [2.24, 2.45) is 17.8 Å². The van der Waals surface area contributed by atoms with Gasteiger partial charge in [0, 0.05) is 12.3 Å². The van der Waals surface area contributed by atoms with E-state index in [0.717, 1.165) is 6.42 Å². The zero-order valence-corrected chi connectivity index (χ0v) is 11.9. The number of halogens is 3. The first kappa shape index (κ1) is 17.1. The molecular weight excluding hydrogens is 295 g/mol. The van der Waals surface area contributed by atoms with Crippen molar-refractivity contribution >= 4 is 23.6 Å². The molecule has 0 aromatic rings. The molecule has 0 saturated heterocycles. The van der Waals surface area contributed by atoms with Gasteiger partial charge in [-0.1, -0.05) is 13.3 Å². The first-order valence-corrected chi connectivity index (χ1v) is 7.44. The number of carbonyl (C=O) groups is 2. The summed E-state index contributed by atoms with van der Waals surface area (Å²) < 4.78 is 35.8. The molecular formula is C12H18F3NO3S. The number of carboxylic acids is 1. The molecule has 4 nitrogen and oxygen atoms in total. The van der Waals surface area contributed by atoms with Gasteiger partial charge in [0.2, 0.25) is 5.91 Å². The first-order chi connectivity index (χ1) is 9.24. The van der Waals surface area contributed by atoms with Crippen LogP contribution in [0, 0.1) is 17.8 Å². The van der Waals surface area contributed by atoms with Crippen LogP contribution < -0.4 is 5.32 Å². The molecule has 1 aliphatic carbocycles. The standard InChI is InChI=1S/C12H18F3NO3S/c1-2-7-5-8(9(6-7)11(18)19)10(17)16-3-4-20-12(13,14)15/h7-9H,2-6H2,1H3,(H,16,17)(H,18,19). The molecule has 1 amide bonds. The lowest BCUT2D eigenvalue weighted by atomic mass is 9.95. The van der Waals surface area contributed by atoms with Crippen molar-refractivity contribution < 1.29 is 27.9 Å². The average Bonchev–Trinajstić information content (AvgIpc) is 2.77. The van der Waals surface area contributed by atoms with Crippen molar-refractivity contribution in [3.05, 3.63) is 0 Å². The van der Waals surface area contributed by atoms with E-state index in [-0.39, 0.29) is 30.0 Å². The van der Waals surface area contributed by atoms with Crippen LogP contribution in [0.3, 0.4) is 0 Å². The third-order valence-corrected chi connectivity index (χ3v) is 4.29. The number of carbonyl (C=O) groups excluding carboxylic acids is 1. The maximum absolute atomic E-state index is 11.9. The van der Waals surface area contributed by atoms with E-state index in [1.54, 1.807) is 0 Å². The molecule has 3 atom stereocenters. The van der Waals surface area contributed by atoms with Gasteiger partial charge in [0.05, 0.1) is 11.8 Å². The number of nitrogens with one attached hydrogen (secondary N) is 1. The number of hydrogen-bond donors (Lipinski definition) is 2. The number of carboxylic acid groups (broad SMARTS) is 1. The molecule has 1 rings (SSSR count). The van der Waals surface area contributed by atoms with Gasteiger partial charge in [-0.2, -0.15) is 13.2 Å². The van der Waals surface area contributed by atoms with E-state index < -0.39 is 29.2 Å². The lowest BCUT2D eigenvalue weighted by molar-refractivity contribution is -0.146. The van der Waals surface area contributed by atoms with Gasteiger partial charge in [-0.25, -0.2) is 0 Å². The van der Waals surface area contributed by atoms with E-state index in [2.05, 4.69) is 5.32 Å². The number of rotatable bonds is 6. The van der Waals surface area contributed by atoms with Gasteiger partial charge in [0.15, 0.2) is 0 Å². The molecule has 20 heavy (non-hydrogen) atoms. The Morgan fingerprint density at radius 2 is 1.90 bits per heavy atom. The highest BCUT2D eigenvalue weighted by Gasteiger charge is 2.42. The Morgan fingerprint density at radius 1 is 1.30 bits per heavy atom. The van der Waals surface area contributed by atoms with E-state index in [4.69, 9.17) is 5.11 Å². The van der Waals surface area contributed by atoms with Gasteiger partial charge in [0.1, 0.15) is 0 Å². The highest BCUT2D eigenvalue weighted by molar-refractivity contribution is 8.00. The lowest BCUT2D eigenvalue weighted by Gasteiger charge is -2.15. The Bertz CT molecular complexity index is 362. The second kappa shape index (κ2) is 7.19. The number of amides is 1. The molecule has 0 bridgehead atoms. The van der Waals surface area contributed by atoms with E-state index >= 15 is 0 Å². The predicted molar refractivity (Wildman–Crippen MR) is 69.2 cm³/mol. The molecule has 1 fully saturated rings. The largest absolute Gasteiger partial charge is 0.481 e. The lowest BCUT2D eigenvalue weighted by Crippen LogP contribution is -2.36. The number of aliphatic carboxylic acids is 1. The summed E-state index contributed by atoms with van der Waals surface area (Å²) in [6.07, 6.45) is 1.75. The normalized spacial score (nSPS) is 26.5. The van der Waals surface area contributed by atoms with Crippen LogP contribution in [0.2, 0.25) is 0 Å². The van der Waals surface area contributed by atoms with Gasteiger partial charge in [0.25, 0.3) is 0 Å². The first-order valence-electron chi connectivity index (χ1n) is 6.45. The highest BCUT2D eigenvalue weighted by Crippen LogP contribution is 2.38. The maximum atomic E-state index is 11.9. The van der Waals surface area contributed by atoms with Gasteiger partial charge < -0.3 is 10.4 Å². The monoisotopic (exact) mass is 313 g/mol. The van der Waals surface area contributed by atoms with Gasteiger partial charge >= 0.3 is 11.5 Å². The summed E-state index contributed by atoms with van der Waals surface area (Å²) in [5.74, 6) is -2.89. The Labute approximate surface area is 119 Å². The fourth-order valence-corrected chi connectivity index (χ4v) is 2.95. The topological polar surface area (TPSA) is 66.4 Å². The Kier molecular flexibility index (Phi) is 6.16. The van der Waals surface area contributed by atoms with Crippen molar-refractivity contribution in [3.63, 3.8) is 0 Å². The quantitative estimate of drug-likeness (QED) is 0.739. The summed E-state index contributed by atoms with van der Waals surface area (Å²) in [6.45, 7) is 1.83. The summed E-state index contributed by atoms with van der Waals surface area (Å²) in [5, 5.41) is 11.5. The predicted octanol–water partition coefficient (Wildman–Crippen LogP) is 2.49. The van der Waals surface area contributed by atoms with Gasteiger partial charge in [-0.05, 0) is 30.5 Å². The Balaban J connectivity index is 2.43. The fraction of sp³-hybridized carbons (Fsp3) is 0.833. The number of thioether (sulfide) groups is 1. The van der Waals surface area contributed by atoms with Crippen LogP contribution >= 0.6 is 11.8 Å². The SMILES string of the molecule is CCC1CC(C(=O)O)C(C(=O)NCCSC(F)(F)F)C1. The van der Waals surface area contributed by atoms with Crippen LogP contribution in [0.1, 0.15) is 26.2 Å². The second-order valence-electron chi connectivity index (χ2n) is 4.88. The van der Waals surface area contributed by atoms with Crippen molar-refractivity contribution in [2.75, 3.05) is 12.3 Å². The maximum Gasteiger partial charge on any atom is 0.441 e. The summed E-state index contributed by atoms with van der Waals surface area (Å²) >= 11 is -0.201. The highest BCUT2D eigenvalue weighted by atomic mass is 32.2. The molecule has 0 spiro atoms. The molecule has 2 N–H and O–H groups in total. The Hall–Kier alpha value is -0.920. The fourth-order valence-electron chi connectivity index (χ4n) is 2.51. The summed E-state index contributed by atoms with van der Waals surface area (Å²) in [7, 11) is 0. The van der Waals surface area contributed by atoms with Crippen LogP contribution in [0.4, 0.5) is 13.2 Å². The Morgan fingerprint density at radius 3 is 2.40 bits per heavy atom. The molecule has 0 aliphatic heterocycles. The molecule has 3 unspecified atom stereocenters. The van der Waals surface area contributed by atoms with Crippen LogP contribution in [-0.4, -0.2) is 34.8 Å². The molecule has 0 aromatic heterocycles. The van der Waals surface area contributed by atoms with Crippen LogP contribution in [0.25, 0.3) is 0 Å². The minimum Gasteiger partial charge on any atom is -0.481 e. The average molecular weight is 313 g/mol. The molecule has 1 aliphatic rings. The van der Waals surface area contributed by atoms with E-state index in [9.17, 15) is 22.8 Å². The van der Waals surface area contributed by atoms with E-state index in [1.807, 2.05) is 6.92 Å². The van der Waals surface area contributed by atoms with Crippen LogP contribution in [0.15, 0.2) is 0 Å². The van der Waals surface area contributed by atoms with Crippen molar-refractivity contribution in [1.82, 2.24) is 5.32 Å². The molecule has 8 heteroatoms. The smallest absolute Gasteiger partial charge is 0.441 e. The third kappa shape index (κ3) is 5.22. The molecule has 1 saturated carbocycles. The van der Waals surface area contributed by atoms with Crippen LogP contribution in [-0.2, 0) is 9.59 Å². The number of hydrogen-bond acceptors (Lipinski definition) is 3. The molecule has 0 aromatic carbocycles. The van der Waals surface area contributed by atoms with Crippen LogP contribution in [0.5, 0.6) is 0 Å². The third-order valence-electron chi connectivity index (χ3n) is 3.56. The minimum absolute atomic E-state index is 0.108. The zero-order chi connectivity index (χ0) is 15.3. The molecule has 116 valence electrons. The summed E-state index contributed by atoms with van der Waals surface area (Å²) in [5.41, 5.74) is -4.31. The zero-order valence-electron chi connectivity index (χ0n) is 11.1. The van der Waals surface area contributed by atoms with Crippen molar-refractivity contribution in [3.8, 4) is 0 Å².